The topological polar surface area (TPSA) is 59.9 Å². The van der Waals surface area contributed by atoms with Gasteiger partial charge >= 0.3 is 6.01 Å². The Morgan fingerprint density at radius 1 is 1.22 bits per heavy atom. The maximum Gasteiger partial charge on any atom is 0.335 e. The van der Waals surface area contributed by atoms with Crippen LogP contribution in [0.4, 0.5) is 0 Å². The summed E-state index contributed by atoms with van der Waals surface area (Å²) >= 11 is 0. The minimum absolute atomic E-state index is 0.426. The van der Waals surface area contributed by atoms with Gasteiger partial charge < -0.3 is 10.1 Å². The van der Waals surface area contributed by atoms with Gasteiger partial charge in [-0.1, -0.05) is 18.9 Å². The van der Waals surface area contributed by atoms with Crippen LogP contribution in [0, 0.1) is 5.92 Å². The van der Waals surface area contributed by atoms with Gasteiger partial charge in [-0.15, -0.1) is 5.10 Å². The van der Waals surface area contributed by atoms with Crippen LogP contribution in [0.2, 0.25) is 0 Å². The smallest absolute Gasteiger partial charge is 0.335 e. The Morgan fingerprint density at radius 3 is 2.72 bits per heavy atom. The Kier molecular flexibility index (Phi) is 4.87. The van der Waals surface area contributed by atoms with Crippen LogP contribution in [0.3, 0.4) is 0 Å². The number of nitrogens with one attached hydrogen (secondary N) is 1. The van der Waals surface area contributed by atoms with E-state index in [0.717, 1.165) is 37.3 Å². The van der Waals surface area contributed by atoms with E-state index in [2.05, 4.69) is 34.3 Å². The molecule has 1 unspecified atom stereocenters. The SMILES string of the molecule is CCc1nnc(OCC2CCCNC2)nc1CC. The molecule has 1 N–H and O–H groups in total. The molecular weight excluding hydrogens is 228 g/mol. The molecule has 1 saturated heterocycles. The van der Waals surface area contributed by atoms with Gasteiger partial charge in [0.15, 0.2) is 0 Å². The lowest BCUT2D eigenvalue weighted by molar-refractivity contribution is 0.202. The first-order valence-corrected chi connectivity index (χ1v) is 6.89. The van der Waals surface area contributed by atoms with Crippen molar-refractivity contribution in [2.24, 2.45) is 5.92 Å². The van der Waals surface area contributed by atoms with Gasteiger partial charge in [-0.05, 0) is 32.2 Å². The van der Waals surface area contributed by atoms with E-state index >= 15 is 0 Å². The zero-order valence-corrected chi connectivity index (χ0v) is 11.3. The molecule has 2 rings (SSSR count). The highest BCUT2D eigenvalue weighted by Crippen LogP contribution is 2.13. The highest BCUT2D eigenvalue weighted by atomic mass is 16.5. The van der Waals surface area contributed by atoms with E-state index in [1.54, 1.807) is 0 Å². The van der Waals surface area contributed by atoms with Gasteiger partial charge in [-0.2, -0.15) is 4.98 Å². The Bertz CT molecular complexity index is 377. The standard InChI is InChI=1S/C13H22N4O/c1-3-11-12(4-2)16-17-13(15-11)18-9-10-6-5-7-14-8-10/h10,14H,3-9H2,1-2H3. The third kappa shape index (κ3) is 3.38. The van der Waals surface area contributed by atoms with Gasteiger partial charge in [-0.25, -0.2) is 0 Å². The zero-order valence-electron chi connectivity index (χ0n) is 11.3. The largest absolute Gasteiger partial charge is 0.462 e. The molecule has 0 bridgehead atoms. The number of aromatic nitrogens is 3. The van der Waals surface area contributed by atoms with Crippen LogP contribution < -0.4 is 10.1 Å². The summed E-state index contributed by atoms with van der Waals surface area (Å²) in [4.78, 5) is 4.43. The highest BCUT2D eigenvalue weighted by Gasteiger charge is 2.15. The first-order chi connectivity index (χ1) is 8.83. The van der Waals surface area contributed by atoms with Crippen LogP contribution in [0.15, 0.2) is 0 Å². The lowest BCUT2D eigenvalue weighted by atomic mass is 10.0. The summed E-state index contributed by atoms with van der Waals surface area (Å²) in [5, 5.41) is 11.6. The van der Waals surface area contributed by atoms with Crippen LogP contribution in [-0.4, -0.2) is 34.9 Å². The highest BCUT2D eigenvalue weighted by molar-refractivity contribution is 5.11. The molecule has 0 amide bonds. The average molecular weight is 250 g/mol. The van der Waals surface area contributed by atoms with E-state index in [0.29, 0.717) is 18.5 Å². The molecule has 0 aromatic carbocycles. The number of aryl methyl sites for hydroxylation is 2. The first-order valence-electron chi connectivity index (χ1n) is 6.89. The summed E-state index contributed by atoms with van der Waals surface area (Å²) in [7, 11) is 0. The molecule has 5 nitrogen and oxygen atoms in total. The predicted octanol–water partition coefficient (Wildman–Crippen LogP) is 1.37. The van der Waals surface area contributed by atoms with Crippen LogP contribution in [0.5, 0.6) is 6.01 Å². The Balaban J connectivity index is 1.92. The van der Waals surface area contributed by atoms with Crippen molar-refractivity contribution in [1.29, 1.82) is 0 Å². The van der Waals surface area contributed by atoms with Crippen molar-refractivity contribution in [1.82, 2.24) is 20.5 Å². The van der Waals surface area contributed by atoms with Crippen molar-refractivity contribution in [2.75, 3.05) is 19.7 Å². The van der Waals surface area contributed by atoms with E-state index in [9.17, 15) is 0 Å². The molecule has 0 saturated carbocycles. The summed E-state index contributed by atoms with van der Waals surface area (Å²) in [6.45, 7) is 6.99. The van der Waals surface area contributed by atoms with E-state index in [4.69, 9.17) is 4.74 Å². The number of nitrogens with zero attached hydrogens (tertiary/aromatic N) is 3. The summed E-state index contributed by atoms with van der Waals surface area (Å²) < 4.78 is 5.66. The predicted molar refractivity (Wildman–Crippen MR) is 69.7 cm³/mol. The second kappa shape index (κ2) is 6.64. The van der Waals surface area contributed by atoms with Crippen molar-refractivity contribution in [3.63, 3.8) is 0 Å². The van der Waals surface area contributed by atoms with Gasteiger partial charge in [0.2, 0.25) is 0 Å². The van der Waals surface area contributed by atoms with Gasteiger partial charge in [-0.3, -0.25) is 0 Å². The van der Waals surface area contributed by atoms with Crippen LogP contribution in [0.25, 0.3) is 0 Å². The third-order valence-electron chi connectivity index (χ3n) is 3.34. The minimum atomic E-state index is 0.426. The Morgan fingerprint density at radius 2 is 2.06 bits per heavy atom. The molecular formula is C13H22N4O. The molecule has 100 valence electrons. The van der Waals surface area contributed by atoms with Crippen LogP contribution in [-0.2, 0) is 12.8 Å². The number of ether oxygens (including phenoxy) is 1. The lowest BCUT2D eigenvalue weighted by Gasteiger charge is -2.22. The second-order valence-electron chi connectivity index (χ2n) is 4.72. The van der Waals surface area contributed by atoms with Gasteiger partial charge in [0.05, 0.1) is 18.0 Å². The van der Waals surface area contributed by atoms with Gasteiger partial charge in [0, 0.05) is 12.5 Å². The van der Waals surface area contributed by atoms with Crippen molar-refractivity contribution in [3.8, 4) is 6.01 Å². The molecule has 0 aliphatic carbocycles. The quantitative estimate of drug-likeness (QED) is 0.855. The fourth-order valence-corrected chi connectivity index (χ4v) is 2.24. The summed E-state index contributed by atoms with van der Waals surface area (Å²) in [5.74, 6) is 0.568. The molecule has 1 atom stereocenters. The maximum absolute atomic E-state index is 5.66. The number of hydrogen-bond donors (Lipinski definition) is 1. The molecule has 2 heterocycles. The monoisotopic (exact) mass is 250 g/mol. The minimum Gasteiger partial charge on any atom is -0.462 e. The van der Waals surface area contributed by atoms with E-state index < -0.39 is 0 Å². The first kappa shape index (κ1) is 13.2. The fourth-order valence-electron chi connectivity index (χ4n) is 2.24. The Labute approximate surface area is 108 Å². The number of hydrogen-bond acceptors (Lipinski definition) is 5. The van der Waals surface area contributed by atoms with Crippen LogP contribution >= 0.6 is 0 Å². The summed E-state index contributed by atoms with van der Waals surface area (Å²) in [6, 6.07) is 0.426. The molecule has 5 heteroatoms. The van der Waals surface area contributed by atoms with E-state index in [1.807, 2.05) is 0 Å². The van der Waals surface area contributed by atoms with Crippen molar-refractivity contribution in [3.05, 3.63) is 11.4 Å². The summed E-state index contributed by atoms with van der Waals surface area (Å²) in [6.07, 6.45) is 4.19. The average Bonchev–Trinajstić information content (AvgIpc) is 2.45. The molecule has 1 fully saturated rings. The van der Waals surface area contributed by atoms with E-state index in [-0.39, 0.29) is 0 Å². The molecule has 0 radical (unpaired) electrons. The van der Waals surface area contributed by atoms with Crippen molar-refractivity contribution < 1.29 is 4.74 Å². The number of rotatable bonds is 5. The Hall–Kier alpha value is -1.23. The van der Waals surface area contributed by atoms with E-state index in [1.165, 1.54) is 12.8 Å². The third-order valence-corrected chi connectivity index (χ3v) is 3.34. The van der Waals surface area contributed by atoms with Crippen LogP contribution in [0.1, 0.15) is 38.1 Å². The molecule has 1 aromatic heterocycles. The molecule has 0 spiro atoms. The molecule has 1 aliphatic rings. The zero-order chi connectivity index (χ0) is 12.8. The fraction of sp³-hybridized carbons (Fsp3) is 0.769. The molecule has 18 heavy (non-hydrogen) atoms. The normalized spacial score (nSPS) is 19.8. The molecule has 1 aromatic rings. The summed E-state index contributed by atoms with van der Waals surface area (Å²) in [5.41, 5.74) is 1.98. The maximum atomic E-state index is 5.66. The van der Waals surface area contributed by atoms with Crippen molar-refractivity contribution in [2.45, 2.75) is 39.5 Å². The number of piperidine rings is 1. The van der Waals surface area contributed by atoms with Crippen molar-refractivity contribution >= 4 is 0 Å². The second-order valence-corrected chi connectivity index (χ2v) is 4.72. The van der Waals surface area contributed by atoms with Gasteiger partial charge in [0.1, 0.15) is 0 Å². The van der Waals surface area contributed by atoms with Gasteiger partial charge in [0.25, 0.3) is 0 Å². The molecule has 1 aliphatic heterocycles. The lowest BCUT2D eigenvalue weighted by Crippen LogP contribution is -2.33.